The van der Waals surface area contributed by atoms with E-state index in [-0.39, 0.29) is 6.05 Å². The SMILES string of the molecule is [2H]C=C([2H])C1=C(/C=C/N(c2cccc(-c3cc4ccccc4c4ccccc34)c2)c2ccccc2-c2ccccc2)C(c2ccccc2)(c2ccccc2)c2ccccc21. The van der Waals surface area contributed by atoms with Gasteiger partial charge < -0.3 is 4.90 Å². The van der Waals surface area contributed by atoms with Crippen LogP contribution in [0.5, 0.6) is 0 Å². The summed E-state index contributed by atoms with van der Waals surface area (Å²) in [7, 11) is 0. The smallest absolute Gasteiger partial charge is 0.0714 e. The maximum Gasteiger partial charge on any atom is 0.0714 e. The van der Waals surface area contributed by atoms with Crippen molar-refractivity contribution in [1.29, 1.82) is 0 Å². The molecular formula is C57H41N. The summed E-state index contributed by atoms with van der Waals surface area (Å²) >= 11 is 0. The fourth-order valence-electron chi connectivity index (χ4n) is 9.15. The van der Waals surface area contributed by atoms with E-state index < -0.39 is 5.41 Å². The first kappa shape index (κ1) is 32.7. The lowest BCUT2D eigenvalue weighted by Crippen LogP contribution is -2.29. The molecule has 0 bridgehead atoms. The van der Waals surface area contributed by atoms with Crippen molar-refractivity contribution in [3.63, 3.8) is 0 Å². The predicted molar refractivity (Wildman–Crippen MR) is 246 cm³/mol. The van der Waals surface area contributed by atoms with Crippen LogP contribution in [0.4, 0.5) is 11.4 Å². The van der Waals surface area contributed by atoms with Crippen LogP contribution in [0.2, 0.25) is 0 Å². The van der Waals surface area contributed by atoms with Gasteiger partial charge >= 0.3 is 0 Å². The third-order valence-corrected chi connectivity index (χ3v) is 11.7. The number of fused-ring (bicyclic) bond motifs is 4. The Morgan fingerprint density at radius 2 is 1.07 bits per heavy atom. The number of allylic oxidation sites excluding steroid dienone is 4. The molecule has 0 N–H and O–H groups in total. The second-order valence-corrected chi connectivity index (χ2v) is 14.8. The van der Waals surface area contributed by atoms with Gasteiger partial charge in [-0.1, -0.05) is 207 Å². The summed E-state index contributed by atoms with van der Waals surface area (Å²) in [5, 5.41) is 4.88. The van der Waals surface area contributed by atoms with Crippen molar-refractivity contribution in [2.45, 2.75) is 5.41 Å². The van der Waals surface area contributed by atoms with E-state index in [4.69, 9.17) is 1.37 Å². The maximum atomic E-state index is 9.36. The van der Waals surface area contributed by atoms with Crippen molar-refractivity contribution in [1.82, 2.24) is 0 Å². The van der Waals surface area contributed by atoms with Crippen molar-refractivity contribution < 1.29 is 2.74 Å². The normalized spacial score (nSPS) is 14.1. The summed E-state index contributed by atoms with van der Waals surface area (Å²) in [6.45, 7) is 1.17. The Kier molecular flexibility index (Phi) is 8.40. The lowest BCUT2D eigenvalue weighted by Gasteiger charge is -2.35. The highest BCUT2D eigenvalue weighted by Crippen LogP contribution is 2.55. The molecule has 0 saturated heterocycles. The van der Waals surface area contributed by atoms with Crippen LogP contribution < -0.4 is 4.90 Å². The van der Waals surface area contributed by atoms with Gasteiger partial charge in [0.05, 0.1) is 13.8 Å². The zero-order chi connectivity index (χ0) is 40.5. The molecular weight excluding hydrogens is 699 g/mol. The van der Waals surface area contributed by atoms with E-state index >= 15 is 0 Å². The average molecular weight is 742 g/mol. The molecule has 58 heavy (non-hydrogen) atoms. The fourth-order valence-corrected chi connectivity index (χ4v) is 9.15. The van der Waals surface area contributed by atoms with Gasteiger partial charge in [-0.15, -0.1) is 0 Å². The largest absolute Gasteiger partial charge is 0.317 e. The van der Waals surface area contributed by atoms with Crippen LogP contribution in [0.25, 0.3) is 49.4 Å². The molecule has 0 fully saturated rings. The summed E-state index contributed by atoms with van der Waals surface area (Å²) in [6.07, 6.45) is 4.38. The minimum absolute atomic E-state index is 0.164. The highest BCUT2D eigenvalue weighted by atomic mass is 15.1. The van der Waals surface area contributed by atoms with Gasteiger partial charge in [0, 0.05) is 17.5 Å². The van der Waals surface area contributed by atoms with Gasteiger partial charge in [-0.25, -0.2) is 0 Å². The summed E-state index contributed by atoms with van der Waals surface area (Å²) < 4.78 is 17.8. The van der Waals surface area contributed by atoms with Gasteiger partial charge in [0.15, 0.2) is 0 Å². The number of para-hydroxylation sites is 1. The summed E-state index contributed by atoms with van der Waals surface area (Å²) in [6, 6.07) is 77.4. The van der Waals surface area contributed by atoms with E-state index in [2.05, 4.69) is 229 Å². The molecule has 0 heterocycles. The van der Waals surface area contributed by atoms with Gasteiger partial charge in [0.25, 0.3) is 0 Å². The molecule has 1 heteroatoms. The topological polar surface area (TPSA) is 3.24 Å². The predicted octanol–water partition coefficient (Wildman–Crippen LogP) is 15.0. The number of nitrogens with zero attached hydrogens (tertiary/aromatic N) is 1. The molecule has 0 radical (unpaired) electrons. The summed E-state index contributed by atoms with van der Waals surface area (Å²) in [4.78, 5) is 2.29. The zero-order valence-corrected chi connectivity index (χ0v) is 32.0. The van der Waals surface area contributed by atoms with Gasteiger partial charge in [0.1, 0.15) is 0 Å². The van der Waals surface area contributed by atoms with Crippen LogP contribution >= 0.6 is 0 Å². The highest BCUT2D eigenvalue weighted by Gasteiger charge is 2.46. The van der Waals surface area contributed by atoms with Crippen molar-refractivity contribution in [3.8, 4) is 22.3 Å². The van der Waals surface area contributed by atoms with Crippen molar-refractivity contribution >= 4 is 38.5 Å². The molecule has 0 atom stereocenters. The third kappa shape index (κ3) is 5.79. The first-order chi connectivity index (χ1) is 29.7. The number of benzene rings is 9. The Hall–Kier alpha value is -7.48. The molecule has 1 nitrogen and oxygen atoms in total. The van der Waals surface area contributed by atoms with Crippen LogP contribution in [-0.4, -0.2) is 0 Å². The lowest BCUT2D eigenvalue weighted by molar-refractivity contribution is 0.761. The first-order valence-electron chi connectivity index (χ1n) is 20.9. The Balaban J connectivity index is 1.24. The van der Waals surface area contributed by atoms with Gasteiger partial charge in [-0.3, -0.25) is 0 Å². The van der Waals surface area contributed by atoms with Crippen LogP contribution in [0.3, 0.4) is 0 Å². The summed E-state index contributed by atoms with van der Waals surface area (Å²) in [5.41, 5.74) is 11.7. The van der Waals surface area contributed by atoms with Crippen LogP contribution in [0, 0.1) is 0 Å². The molecule has 10 rings (SSSR count). The maximum absolute atomic E-state index is 9.36. The molecule has 9 aromatic carbocycles. The van der Waals surface area contributed by atoms with Gasteiger partial charge in [0.2, 0.25) is 0 Å². The Bertz CT molecular complexity index is 3070. The average Bonchev–Trinajstić information content (AvgIpc) is 3.63. The lowest BCUT2D eigenvalue weighted by atomic mass is 9.67. The monoisotopic (exact) mass is 741 g/mol. The van der Waals surface area contributed by atoms with E-state index in [0.29, 0.717) is 0 Å². The zero-order valence-electron chi connectivity index (χ0n) is 34.0. The molecule has 0 aromatic heterocycles. The minimum atomic E-state index is -0.767. The van der Waals surface area contributed by atoms with E-state index in [1.54, 1.807) is 0 Å². The third-order valence-electron chi connectivity index (χ3n) is 11.7. The molecule has 274 valence electrons. The molecule has 0 spiro atoms. The van der Waals surface area contributed by atoms with E-state index in [1.165, 1.54) is 33.7 Å². The van der Waals surface area contributed by atoms with E-state index in [0.717, 1.165) is 61.5 Å². The highest BCUT2D eigenvalue weighted by molar-refractivity contribution is 6.14. The number of hydrogen-bond donors (Lipinski definition) is 0. The molecule has 0 saturated carbocycles. The molecule has 9 aromatic rings. The standard InChI is InChI=1S/C57H41N/c1-2-47-52-34-16-18-35-54(52)57(44-25-8-4-9-26-44,45-27-10-5-11-28-45)55(47)37-38-58(56-36-19-17-31-49(56)41-21-6-3-7-22-41)46-29-20-24-42(39-46)53-40-43-23-12-13-30-48(43)50-32-14-15-33-51(50)53/h2-40H,1H2/b38-37+/i1D,2D/b2-1?,38-37+. The molecule has 1 aliphatic carbocycles. The minimum Gasteiger partial charge on any atom is -0.317 e. The quantitative estimate of drug-likeness (QED) is 0.133. The Morgan fingerprint density at radius 3 is 1.81 bits per heavy atom. The number of rotatable bonds is 9. The van der Waals surface area contributed by atoms with Crippen LogP contribution in [0.1, 0.15) is 25.0 Å². The van der Waals surface area contributed by atoms with Crippen molar-refractivity contribution in [2.75, 3.05) is 4.90 Å². The van der Waals surface area contributed by atoms with Crippen molar-refractivity contribution in [3.05, 3.63) is 271 Å². The second-order valence-electron chi connectivity index (χ2n) is 14.8. The molecule has 0 unspecified atom stereocenters. The molecule has 0 aliphatic heterocycles. The second kappa shape index (κ2) is 14.9. The Labute approximate surface area is 343 Å². The number of hydrogen-bond acceptors (Lipinski definition) is 1. The summed E-state index contributed by atoms with van der Waals surface area (Å²) in [5.74, 6) is 0. The van der Waals surface area contributed by atoms with Crippen LogP contribution in [-0.2, 0) is 5.41 Å². The fraction of sp³-hybridized carbons (Fsp3) is 0.0175. The van der Waals surface area contributed by atoms with Gasteiger partial charge in [-0.05, 0) is 102 Å². The first-order valence-corrected chi connectivity index (χ1v) is 19.8. The molecule has 0 amide bonds. The number of anilines is 2. The Morgan fingerprint density at radius 1 is 0.483 bits per heavy atom. The molecule has 1 aliphatic rings. The van der Waals surface area contributed by atoms with Gasteiger partial charge in [-0.2, -0.15) is 0 Å². The van der Waals surface area contributed by atoms with E-state index in [1.807, 2.05) is 6.07 Å². The van der Waals surface area contributed by atoms with E-state index in [9.17, 15) is 1.37 Å². The van der Waals surface area contributed by atoms with Crippen molar-refractivity contribution in [2.24, 2.45) is 0 Å². The van der Waals surface area contributed by atoms with Crippen LogP contribution in [0.15, 0.2) is 249 Å².